The van der Waals surface area contributed by atoms with E-state index in [2.05, 4.69) is 15.5 Å². The number of amides is 2. The highest BCUT2D eigenvalue weighted by Crippen LogP contribution is 2.13. The van der Waals surface area contributed by atoms with Crippen molar-refractivity contribution in [3.63, 3.8) is 0 Å². The summed E-state index contributed by atoms with van der Waals surface area (Å²) in [5, 5.41) is 15.2. The molecule has 0 fully saturated rings. The predicted octanol–water partition coefficient (Wildman–Crippen LogP) is 2.42. The Morgan fingerprint density at radius 3 is 2.52 bits per heavy atom. The number of benzene rings is 2. The quantitative estimate of drug-likeness (QED) is 0.633. The van der Waals surface area contributed by atoms with Crippen molar-refractivity contribution < 1.29 is 14.6 Å². The van der Waals surface area contributed by atoms with Gasteiger partial charge in [0.15, 0.2) is 0 Å². The Morgan fingerprint density at radius 2 is 1.85 bits per heavy atom. The Kier molecular flexibility index (Phi) is 7.95. The molecule has 3 N–H and O–H groups in total. The maximum absolute atomic E-state index is 12.1. The van der Waals surface area contributed by atoms with Gasteiger partial charge in [0.1, 0.15) is 11.5 Å². The zero-order chi connectivity index (χ0) is 19.6. The van der Waals surface area contributed by atoms with Crippen molar-refractivity contribution in [3.05, 3.63) is 59.7 Å². The lowest BCUT2D eigenvalue weighted by molar-refractivity contribution is 0.232. The van der Waals surface area contributed by atoms with Crippen LogP contribution < -0.4 is 15.4 Å². The van der Waals surface area contributed by atoms with E-state index in [0.29, 0.717) is 13.1 Å². The molecule has 2 aromatic rings. The number of hydrogen-bond donors (Lipinski definition) is 3. The van der Waals surface area contributed by atoms with Gasteiger partial charge in [-0.05, 0) is 62.3 Å². The van der Waals surface area contributed by atoms with Crippen molar-refractivity contribution in [2.24, 2.45) is 0 Å². The summed E-state index contributed by atoms with van der Waals surface area (Å²) in [6.45, 7) is 1.10. The lowest BCUT2D eigenvalue weighted by atomic mass is 10.1. The summed E-state index contributed by atoms with van der Waals surface area (Å²) in [7, 11) is 5.63. The van der Waals surface area contributed by atoms with Gasteiger partial charge >= 0.3 is 6.03 Å². The van der Waals surface area contributed by atoms with E-state index in [1.165, 1.54) is 0 Å². The first-order valence-electron chi connectivity index (χ1n) is 9.07. The molecule has 2 rings (SSSR count). The molecule has 6 heteroatoms. The SMILES string of the molecule is COc1cccc(CCNC(=O)NCC(Cc2ccc(O)cc2)N(C)C)c1. The van der Waals surface area contributed by atoms with Crippen LogP contribution in [0.1, 0.15) is 11.1 Å². The van der Waals surface area contributed by atoms with Gasteiger partial charge in [0.05, 0.1) is 7.11 Å². The third-order valence-corrected chi connectivity index (χ3v) is 4.47. The van der Waals surface area contributed by atoms with Crippen molar-refractivity contribution in [2.75, 3.05) is 34.3 Å². The number of phenolic OH excluding ortho intramolecular Hbond substituents is 1. The summed E-state index contributed by atoms with van der Waals surface area (Å²) in [5.74, 6) is 1.08. The van der Waals surface area contributed by atoms with Crippen LogP contribution in [0, 0.1) is 0 Å². The largest absolute Gasteiger partial charge is 0.508 e. The van der Waals surface area contributed by atoms with E-state index in [4.69, 9.17) is 4.74 Å². The van der Waals surface area contributed by atoms with Crippen LogP contribution in [0.15, 0.2) is 48.5 Å². The van der Waals surface area contributed by atoms with E-state index in [1.807, 2.05) is 50.5 Å². The van der Waals surface area contributed by atoms with E-state index in [0.717, 1.165) is 29.7 Å². The van der Waals surface area contributed by atoms with Gasteiger partial charge in [-0.1, -0.05) is 24.3 Å². The molecule has 0 aliphatic heterocycles. The summed E-state index contributed by atoms with van der Waals surface area (Å²) in [5.41, 5.74) is 2.24. The molecule has 6 nitrogen and oxygen atoms in total. The minimum atomic E-state index is -0.171. The molecule has 0 aliphatic rings. The Hall–Kier alpha value is -2.73. The molecule has 0 aliphatic carbocycles. The van der Waals surface area contributed by atoms with Crippen molar-refractivity contribution in [2.45, 2.75) is 18.9 Å². The number of methoxy groups -OCH3 is 1. The average Bonchev–Trinajstić information content (AvgIpc) is 2.66. The fourth-order valence-corrected chi connectivity index (χ4v) is 2.76. The van der Waals surface area contributed by atoms with E-state index in [1.54, 1.807) is 19.2 Å². The summed E-state index contributed by atoms with van der Waals surface area (Å²) in [6, 6.07) is 15.0. The molecule has 0 spiro atoms. The van der Waals surface area contributed by atoms with Gasteiger partial charge in [0.2, 0.25) is 0 Å². The molecule has 146 valence electrons. The number of rotatable bonds is 9. The summed E-state index contributed by atoms with van der Waals surface area (Å²) < 4.78 is 5.21. The van der Waals surface area contributed by atoms with Crippen LogP contribution in [-0.4, -0.2) is 56.4 Å². The lowest BCUT2D eigenvalue weighted by Crippen LogP contribution is -2.45. The molecule has 0 bridgehead atoms. The second kappa shape index (κ2) is 10.4. The van der Waals surface area contributed by atoms with Crippen molar-refractivity contribution in [1.29, 1.82) is 0 Å². The van der Waals surface area contributed by atoms with Gasteiger partial charge in [0, 0.05) is 19.1 Å². The van der Waals surface area contributed by atoms with Gasteiger partial charge in [-0.3, -0.25) is 0 Å². The molecule has 2 amide bonds. The minimum Gasteiger partial charge on any atom is -0.508 e. The van der Waals surface area contributed by atoms with Crippen LogP contribution in [-0.2, 0) is 12.8 Å². The highest BCUT2D eigenvalue weighted by atomic mass is 16.5. The standard InChI is InChI=1S/C21H29N3O3/c1-24(2)18(13-17-7-9-19(25)10-8-17)15-23-21(26)22-12-11-16-5-4-6-20(14-16)27-3/h4-10,14,18,25H,11-13,15H2,1-3H3,(H2,22,23,26). The zero-order valence-electron chi connectivity index (χ0n) is 16.2. The van der Waals surface area contributed by atoms with Crippen molar-refractivity contribution >= 4 is 6.03 Å². The number of carbonyl (C=O) groups is 1. The van der Waals surface area contributed by atoms with E-state index in [-0.39, 0.29) is 17.8 Å². The number of urea groups is 1. The summed E-state index contributed by atoms with van der Waals surface area (Å²) in [4.78, 5) is 14.2. The number of ether oxygens (including phenoxy) is 1. The first kappa shape index (κ1) is 20.6. The normalized spacial score (nSPS) is 11.9. The third kappa shape index (κ3) is 7.19. The average molecular weight is 371 g/mol. The highest BCUT2D eigenvalue weighted by Gasteiger charge is 2.13. The van der Waals surface area contributed by atoms with Crippen LogP contribution >= 0.6 is 0 Å². The van der Waals surface area contributed by atoms with Gasteiger partial charge in [-0.25, -0.2) is 4.79 Å². The van der Waals surface area contributed by atoms with Gasteiger partial charge in [-0.2, -0.15) is 0 Å². The first-order valence-corrected chi connectivity index (χ1v) is 9.07. The zero-order valence-corrected chi connectivity index (χ0v) is 16.2. The van der Waals surface area contributed by atoms with Gasteiger partial charge in [0.25, 0.3) is 0 Å². The van der Waals surface area contributed by atoms with Crippen molar-refractivity contribution in [1.82, 2.24) is 15.5 Å². The van der Waals surface area contributed by atoms with Crippen LogP contribution in [0.3, 0.4) is 0 Å². The molecule has 27 heavy (non-hydrogen) atoms. The molecule has 0 radical (unpaired) electrons. The predicted molar refractivity (Wildman–Crippen MR) is 107 cm³/mol. The smallest absolute Gasteiger partial charge is 0.314 e. The summed E-state index contributed by atoms with van der Waals surface area (Å²) >= 11 is 0. The Bertz CT molecular complexity index is 717. The van der Waals surface area contributed by atoms with Crippen LogP contribution in [0.4, 0.5) is 4.79 Å². The fraction of sp³-hybridized carbons (Fsp3) is 0.381. The Labute approximate surface area is 161 Å². The maximum atomic E-state index is 12.1. The molecular formula is C21H29N3O3. The van der Waals surface area contributed by atoms with Gasteiger partial charge in [-0.15, -0.1) is 0 Å². The molecular weight excluding hydrogens is 342 g/mol. The number of aromatic hydroxyl groups is 1. The molecule has 2 aromatic carbocycles. The number of nitrogens with zero attached hydrogens (tertiary/aromatic N) is 1. The number of hydrogen-bond acceptors (Lipinski definition) is 4. The van der Waals surface area contributed by atoms with Crippen LogP contribution in [0.5, 0.6) is 11.5 Å². The Morgan fingerprint density at radius 1 is 1.11 bits per heavy atom. The van der Waals surface area contributed by atoms with E-state index in [9.17, 15) is 9.90 Å². The Balaban J connectivity index is 1.75. The monoisotopic (exact) mass is 371 g/mol. The minimum absolute atomic E-state index is 0.165. The number of nitrogens with one attached hydrogen (secondary N) is 2. The van der Waals surface area contributed by atoms with Crippen LogP contribution in [0.2, 0.25) is 0 Å². The second-order valence-electron chi connectivity index (χ2n) is 6.73. The maximum Gasteiger partial charge on any atom is 0.314 e. The lowest BCUT2D eigenvalue weighted by Gasteiger charge is -2.25. The first-order chi connectivity index (χ1) is 13.0. The molecule has 1 unspecified atom stereocenters. The number of likely N-dealkylation sites (N-methyl/N-ethyl adjacent to an activating group) is 1. The van der Waals surface area contributed by atoms with Crippen molar-refractivity contribution in [3.8, 4) is 11.5 Å². The molecule has 0 saturated heterocycles. The van der Waals surface area contributed by atoms with Crippen LogP contribution in [0.25, 0.3) is 0 Å². The third-order valence-electron chi connectivity index (χ3n) is 4.47. The number of phenols is 1. The fourth-order valence-electron chi connectivity index (χ4n) is 2.76. The van der Waals surface area contributed by atoms with E-state index >= 15 is 0 Å². The van der Waals surface area contributed by atoms with Gasteiger partial charge < -0.3 is 25.4 Å². The topological polar surface area (TPSA) is 73.8 Å². The summed E-state index contributed by atoms with van der Waals surface area (Å²) in [6.07, 6.45) is 1.53. The highest BCUT2D eigenvalue weighted by molar-refractivity contribution is 5.73. The molecule has 0 heterocycles. The second-order valence-corrected chi connectivity index (χ2v) is 6.73. The number of carbonyl (C=O) groups excluding carboxylic acids is 1. The molecule has 0 saturated carbocycles. The van der Waals surface area contributed by atoms with E-state index < -0.39 is 0 Å². The molecule has 1 atom stereocenters. The molecule has 0 aromatic heterocycles.